The highest BCUT2D eigenvalue weighted by molar-refractivity contribution is 7.89. The number of aryl methyl sites for hydroxylation is 1. The quantitative estimate of drug-likeness (QED) is 0.726. The van der Waals surface area contributed by atoms with Gasteiger partial charge in [0.05, 0.1) is 12.3 Å². The Hall–Kier alpha value is -0.960. The fourth-order valence-corrected chi connectivity index (χ4v) is 3.87. The standard InChI is InChI=1S/C12H21N3O4S/c1-9-11(10(7-16)15-14-9)20(17,18)13-8-12(2)3-5-19-6-4-12/h13,16H,3-8H2,1-2H3,(H,14,15). The summed E-state index contributed by atoms with van der Waals surface area (Å²) < 4.78 is 32.7. The number of nitrogens with one attached hydrogen (secondary N) is 2. The zero-order chi connectivity index (χ0) is 14.8. The van der Waals surface area contributed by atoms with E-state index in [9.17, 15) is 13.5 Å². The Morgan fingerprint density at radius 2 is 2.10 bits per heavy atom. The average molecular weight is 303 g/mol. The Balaban J connectivity index is 2.13. The number of hydrogen-bond acceptors (Lipinski definition) is 5. The van der Waals surface area contributed by atoms with Gasteiger partial charge in [-0.15, -0.1) is 0 Å². The van der Waals surface area contributed by atoms with E-state index >= 15 is 0 Å². The van der Waals surface area contributed by atoms with Gasteiger partial charge in [0.2, 0.25) is 10.0 Å². The number of hydrogen-bond donors (Lipinski definition) is 3. The molecule has 0 unspecified atom stereocenters. The van der Waals surface area contributed by atoms with Crippen LogP contribution < -0.4 is 4.72 Å². The lowest BCUT2D eigenvalue weighted by atomic mass is 9.83. The van der Waals surface area contributed by atoms with E-state index in [1.165, 1.54) is 0 Å². The van der Waals surface area contributed by atoms with E-state index in [-0.39, 0.29) is 16.0 Å². The van der Waals surface area contributed by atoms with Gasteiger partial charge in [0.1, 0.15) is 10.6 Å². The molecule has 1 aromatic heterocycles. The normalized spacial score (nSPS) is 19.1. The second kappa shape index (κ2) is 5.80. The highest BCUT2D eigenvalue weighted by atomic mass is 32.2. The number of aromatic amines is 1. The van der Waals surface area contributed by atoms with Gasteiger partial charge in [0.15, 0.2) is 0 Å². The van der Waals surface area contributed by atoms with Crippen LogP contribution in [-0.2, 0) is 21.4 Å². The number of nitrogens with zero attached hydrogens (tertiary/aromatic N) is 1. The first-order chi connectivity index (χ1) is 9.38. The Morgan fingerprint density at radius 3 is 2.70 bits per heavy atom. The summed E-state index contributed by atoms with van der Waals surface area (Å²) in [4.78, 5) is 0.0515. The van der Waals surface area contributed by atoms with E-state index in [4.69, 9.17) is 4.74 Å². The average Bonchev–Trinajstić information content (AvgIpc) is 2.80. The first-order valence-electron chi connectivity index (χ1n) is 6.60. The second-order valence-electron chi connectivity index (χ2n) is 5.53. The van der Waals surface area contributed by atoms with Crippen molar-refractivity contribution in [2.24, 2.45) is 5.41 Å². The van der Waals surface area contributed by atoms with Gasteiger partial charge in [0, 0.05) is 19.8 Å². The van der Waals surface area contributed by atoms with E-state index in [1.807, 2.05) is 6.92 Å². The smallest absolute Gasteiger partial charge is 0.244 e. The zero-order valence-corrected chi connectivity index (χ0v) is 12.6. The molecule has 0 atom stereocenters. The van der Waals surface area contributed by atoms with Crippen molar-refractivity contribution in [1.82, 2.24) is 14.9 Å². The number of aromatic nitrogens is 2. The summed E-state index contributed by atoms with van der Waals surface area (Å²) in [5.41, 5.74) is 0.480. The molecule has 0 amide bonds. The van der Waals surface area contributed by atoms with Crippen LogP contribution in [0.3, 0.4) is 0 Å². The van der Waals surface area contributed by atoms with Gasteiger partial charge < -0.3 is 9.84 Å². The van der Waals surface area contributed by atoms with Crippen LogP contribution in [0.15, 0.2) is 4.90 Å². The SMILES string of the molecule is Cc1[nH]nc(CO)c1S(=O)(=O)NCC1(C)CCOCC1. The van der Waals surface area contributed by atoms with Crippen LogP contribution in [0.2, 0.25) is 0 Å². The van der Waals surface area contributed by atoms with Crippen molar-refractivity contribution >= 4 is 10.0 Å². The summed E-state index contributed by atoms with van der Waals surface area (Å²) in [5.74, 6) is 0. The minimum absolute atomic E-state index is 0.0515. The van der Waals surface area contributed by atoms with Gasteiger partial charge in [-0.3, -0.25) is 5.10 Å². The molecule has 2 rings (SSSR count). The van der Waals surface area contributed by atoms with Crippen LogP contribution in [0.1, 0.15) is 31.2 Å². The summed E-state index contributed by atoms with van der Waals surface area (Å²) in [5, 5.41) is 15.6. The van der Waals surface area contributed by atoms with Gasteiger partial charge in [0.25, 0.3) is 0 Å². The van der Waals surface area contributed by atoms with E-state index in [1.54, 1.807) is 6.92 Å². The Morgan fingerprint density at radius 1 is 1.45 bits per heavy atom. The third-order valence-electron chi connectivity index (χ3n) is 3.77. The molecule has 0 bridgehead atoms. The van der Waals surface area contributed by atoms with Crippen molar-refractivity contribution in [1.29, 1.82) is 0 Å². The summed E-state index contributed by atoms with van der Waals surface area (Å²) in [6.45, 7) is 4.93. The maximum atomic E-state index is 12.4. The number of aliphatic hydroxyl groups excluding tert-OH is 1. The summed E-state index contributed by atoms with van der Waals surface area (Å²) in [6, 6.07) is 0. The molecule has 1 aliphatic heterocycles. The Kier molecular flexibility index (Phi) is 4.48. The number of rotatable bonds is 5. The number of H-pyrrole nitrogens is 1. The maximum Gasteiger partial charge on any atom is 0.244 e. The molecule has 114 valence electrons. The molecule has 7 nitrogen and oxygen atoms in total. The highest BCUT2D eigenvalue weighted by Crippen LogP contribution is 2.29. The van der Waals surface area contributed by atoms with E-state index in [0.29, 0.717) is 25.5 Å². The monoisotopic (exact) mass is 303 g/mol. The second-order valence-corrected chi connectivity index (χ2v) is 7.23. The molecule has 0 saturated carbocycles. The zero-order valence-electron chi connectivity index (χ0n) is 11.8. The maximum absolute atomic E-state index is 12.4. The molecular weight excluding hydrogens is 282 g/mol. The minimum atomic E-state index is -3.67. The molecule has 1 aliphatic rings. The first-order valence-corrected chi connectivity index (χ1v) is 8.08. The van der Waals surface area contributed by atoms with Crippen molar-refractivity contribution in [3.05, 3.63) is 11.4 Å². The van der Waals surface area contributed by atoms with Gasteiger partial charge in [-0.25, -0.2) is 13.1 Å². The number of aliphatic hydroxyl groups is 1. The predicted molar refractivity (Wildman–Crippen MR) is 72.6 cm³/mol. The van der Waals surface area contributed by atoms with Crippen LogP contribution >= 0.6 is 0 Å². The molecule has 0 radical (unpaired) electrons. The lowest BCUT2D eigenvalue weighted by Crippen LogP contribution is -2.39. The number of ether oxygens (including phenoxy) is 1. The summed E-state index contributed by atoms with van der Waals surface area (Å²) in [6.07, 6.45) is 1.65. The van der Waals surface area contributed by atoms with Crippen LogP contribution in [-0.4, -0.2) is 43.5 Å². The third-order valence-corrected chi connectivity index (χ3v) is 5.37. The molecule has 1 fully saturated rings. The van der Waals surface area contributed by atoms with Crippen LogP contribution in [0.4, 0.5) is 0 Å². The number of sulfonamides is 1. The van der Waals surface area contributed by atoms with E-state index in [0.717, 1.165) is 12.8 Å². The predicted octanol–water partition coefficient (Wildman–Crippen LogP) is 0.305. The largest absolute Gasteiger partial charge is 0.390 e. The van der Waals surface area contributed by atoms with Crippen LogP contribution in [0.25, 0.3) is 0 Å². The molecule has 1 aromatic rings. The van der Waals surface area contributed by atoms with Crippen LogP contribution in [0.5, 0.6) is 0 Å². The molecule has 2 heterocycles. The molecule has 0 aromatic carbocycles. The van der Waals surface area contributed by atoms with Crippen molar-refractivity contribution in [2.45, 2.75) is 38.2 Å². The van der Waals surface area contributed by atoms with E-state index < -0.39 is 16.6 Å². The molecule has 1 saturated heterocycles. The van der Waals surface area contributed by atoms with Gasteiger partial charge in [-0.2, -0.15) is 5.10 Å². The van der Waals surface area contributed by atoms with Crippen molar-refractivity contribution < 1.29 is 18.3 Å². The van der Waals surface area contributed by atoms with Gasteiger partial charge in [-0.1, -0.05) is 6.92 Å². The van der Waals surface area contributed by atoms with Crippen molar-refractivity contribution in [3.63, 3.8) is 0 Å². The minimum Gasteiger partial charge on any atom is -0.390 e. The van der Waals surface area contributed by atoms with Crippen molar-refractivity contribution in [2.75, 3.05) is 19.8 Å². The topological polar surface area (TPSA) is 104 Å². The molecule has 8 heteroatoms. The molecule has 0 aliphatic carbocycles. The van der Waals surface area contributed by atoms with Gasteiger partial charge >= 0.3 is 0 Å². The molecule has 3 N–H and O–H groups in total. The highest BCUT2D eigenvalue weighted by Gasteiger charge is 2.31. The van der Waals surface area contributed by atoms with Crippen LogP contribution in [0, 0.1) is 12.3 Å². The lowest BCUT2D eigenvalue weighted by Gasteiger charge is -2.33. The Bertz CT molecular complexity index is 561. The fourth-order valence-electron chi connectivity index (χ4n) is 2.32. The van der Waals surface area contributed by atoms with Crippen molar-refractivity contribution in [3.8, 4) is 0 Å². The summed E-state index contributed by atoms with van der Waals surface area (Å²) >= 11 is 0. The molecule has 0 spiro atoms. The molecular formula is C12H21N3O4S. The molecule has 20 heavy (non-hydrogen) atoms. The third kappa shape index (κ3) is 3.20. The first kappa shape index (κ1) is 15.4. The fraction of sp³-hybridized carbons (Fsp3) is 0.750. The van der Waals surface area contributed by atoms with Gasteiger partial charge in [-0.05, 0) is 25.2 Å². The Labute approximate surface area is 118 Å². The lowest BCUT2D eigenvalue weighted by molar-refractivity contribution is 0.0264. The van der Waals surface area contributed by atoms with E-state index in [2.05, 4.69) is 14.9 Å². The summed E-state index contributed by atoms with van der Waals surface area (Å²) in [7, 11) is -3.67.